The van der Waals surface area contributed by atoms with E-state index in [1.165, 1.54) is 12.1 Å². The van der Waals surface area contributed by atoms with Crippen molar-refractivity contribution in [3.63, 3.8) is 0 Å². The fourth-order valence-electron chi connectivity index (χ4n) is 0.987. The van der Waals surface area contributed by atoms with Crippen LogP contribution in [-0.2, 0) is 0 Å². The van der Waals surface area contributed by atoms with Crippen molar-refractivity contribution in [2.75, 3.05) is 0 Å². The minimum Gasteiger partial charge on any atom is -0.207 e. The SMILES string of the molecule is C[Si](C)(C)c1cc(F)cc(F)c1. The van der Waals surface area contributed by atoms with Crippen molar-refractivity contribution in [2.45, 2.75) is 19.6 Å². The zero-order valence-electron chi connectivity index (χ0n) is 7.49. The van der Waals surface area contributed by atoms with Gasteiger partial charge in [0, 0.05) is 6.07 Å². The van der Waals surface area contributed by atoms with Crippen LogP contribution in [0.3, 0.4) is 0 Å². The summed E-state index contributed by atoms with van der Waals surface area (Å²) in [5.41, 5.74) is 0. The van der Waals surface area contributed by atoms with Gasteiger partial charge in [-0.15, -0.1) is 0 Å². The Kier molecular flexibility index (Phi) is 2.33. The van der Waals surface area contributed by atoms with Crippen molar-refractivity contribution < 1.29 is 8.78 Å². The molecule has 0 aromatic heterocycles. The van der Waals surface area contributed by atoms with E-state index in [2.05, 4.69) is 19.6 Å². The molecule has 1 rings (SSSR count). The van der Waals surface area contributed by atoms with E-state index in [9.17, 15) is 8.78 Å². The summed E-state index contributed by atoms with van der Waals surface area (Å²) in [5, 5.41) is 0.819. The topological polar surface area (TPSA) is 0 Å². The Hall–Kier alpha value is -0.703. The van der Waals surface area contributed by atoms with Gasteiger partial charge in [0.2, 0.25) is 0 Å². The molecule has 0 nitrogen and oxygen atoms in total. The molecule has 0 atom stereocenters. The van der Waals surface area contributed by atoms with Gasteiger partial charge in [-0.25, -0.2) is 8.78 Å². The largest absolute Gasteiger partial charge is 0.207 e. The first-order valence-electron chi connectivity index (χ1n) is 3.86. The lowest BCUT2D eigenvalue weighted by Crippen LogP contribution is -2.38. The predicted molar refractivity (Wildman–Crippen MR) is 49.3 cm³/mol. The number of benzene rings is 1. The van der Waals surface area contributed by atoms with Gasteiger partial charge < -0.3 is 0 Å². The average Bonchev–Trinajstić information content (AvgIpc) is 1.82. The molecule has 0 N–H and O–H groups in total. The molecule has 0 bridgehead atoms. The van der Waals surface area contributed by atoms with Crippen LogP contribution in [-0.4, -0.2) is 8.07 Å². The summed E-state index contributed by atoms with van der Waals surface area (Å²) in [6.07, 6.45) is 0. The van der Waals surface area contributed by atoms with Crippen molar-refractivity contribution in [3.8, 4) is 0 Å². The van der Waals surface area contributed by atoms with Gasteiger partial charge in [0.05, 0.1) is 8.07 Å². The highest BCUT2D eigenvalue weighted by Crippen LogP contribution is 2.06. The molecule has 1 aromatic carbocycles. The summed E-state index contributed by atoms with van der Waals surface area (Å²) in [5.74, 6) is -0.958. The Morgan fingerprint density at radius 2 is 1.33 bits per heavy atom. The molecule has 0 fully saturated rings. The summed E-state index contributed by atoms with van der Waals surface area (Å²) in [6.45, 7) is 6.17. The van der Waals surface area contributed by atoms with Crippen molar-refractivity contribution in [3.05, 3.63) is 29.8 Å². The molecule has 0 saturated heterocycles. The molecule has 0 radical (unpaired) electrons. The van der Waals surface area contributed by atoms with E-state index in [0.717, 1.165) is 11.3 Å². The van der Waals surface area contributed by atoms with E-state index >= 15 is 0 Å². The van der Waals surface area contributed by atoms with E-state index in [4.69, 9.17) is 0 Å². The van der Waals surface area contributed by atoms with Crippen LogP contribution in [0.1, 0.15) is 0 Å². The van der Waals surface area contributed by atoms with Gasteiger partial charge in [-0.1, -0.05) is 24.8 Å². The lowest BCUT2D eigenvalue weighted by atomic mass is 10.3. The van der Waals surface area contributed by atoms with Crippen LogP contribution in [0.25, 0.3) is 0 Å². The molecular formula is C9H12F2Si. The number of hydrogen-bond acceptors (Lipinski definition) is 0. The maximum Gasteiger partial charge on any atom is 0.126 e. The van der Waals surface area contributed by atoms with Crippen molar-refractivity contribution in [1.82, 2.24) is 0 Å². The Morgan fingerprint density at radius 3 is 1.67 bits per heavy atom. The minimum absolute atomic E-state index is 0.479. The van der Waals surface area contributed by atoms with Gasteiger partial charge in [-0.05, 0) is 12.1 Å². The fraction of sp³-hybridized carbons (Fsp3) is 0.333. The highest BCUT2D eigenvalue weighted by molar-refractivity contribution is 6.88. The predicted octanol–water partition coefficient (Wildman–Crippen LogP) is 2.51. The zero-order chi connectivity index (χ0) is 9.35. The van der Waals surface area contributed by atoms with E-state index in [1.807, 2.05) is 0 Å². The maximum atomic E-state index is 12.7. The van der Waals surface area contributed by atoms with E-state index in [0.29, 0.717) is 0 Å². The third-order valence-corrected chi connectivity index (χ3v) is 3.75. The van der Waals surface area contributed by atoms with Gasteiger partial charge in [-0.2, -0.15) is 0 Å². The van der Waals surface area contributed by atoms with Crippen molar-refractivity contribution in [2.24, 2.45) is 0 Å². The number of hydrogen-bond donors (Lipinski definition) is 0. The van der Waals surface area contributed by atoms with Crippen LogP contribution in [0.5, 0.6) is 0 Å². The summed E-state index contributed by atoms with van der Waals surface area (Å²) >= 11 is 0. The molecule has 0 aliphatic carbocycles. The van der Waals surface area contributed by atoms with Gasteiger partial charge in [0.1, 0.15) is 11.6 Å². The lowest BCUT2D eigenvalue weighted by molar-refractivity contribution is 0.585. The third kappa shape index (κ3) is 2.14. The van der Waals surface area contributed by atoms with E-state index in [-0.39, 0.29) is 0 Å². The summed E-state index contributed by atoms with van der Waals surface area (Å²) in [7, 11) is -1.58. The van der Waals surface area contributed by atoms with Gasteiger partial charge in [0.25, 0.3) is 0 Å². The van der Waals surface area contributed by atoms with Crippen LogP contribution < -0.4 is 5.19 Å². The van der Waals surface area contributed by atoms with Gasteiger partial charge in [0.15, 0.2) is 0 Å². The Bertz CT molecular complexity index is 269. The Morgan fingerprint density at radius 1 is 0.917 bits per heavy atom. The Balaban J connectivity index is 3.18. The lowest BCUT2D eigenvalue weighted by Gasteiger charge is -2.16. The number of rotatable bonds is 1. The van der Waals surface area contributed by atoms with Gasteiger partial charge >= 0.3 is 0 Å². The molecular weight excluding hydrogens is 174 g/mol. The first kappa shape index (κ1) is 9.39. The quantitative estimate of drug-likeness (QED) is 0.591. The molecule has 0 amide bonds. The van der Waals surface area contributed by atoms with Gasteiger partial charge in [-0.3, -0.25) is 0 Å². The first-order chi connectivity index (χ1) is 5.39. The Labute approximate surface area is 72.2 Å². The molecule has 66 valence electrons. The summed E-state index contributed by atoms with van der Waals surface area (Å²) in [4.78, 5) is 0. The molecule has 0 heterocycles. The summed E-state index contributed by atoms with van der Waals surface area (Å²) < 4.78 is 25.5. The maximum absolute atomic E-state index is 12.7. The third-order valence-electron chi connectivity index (χ3n) is 1.73. The fourth-order valence-corrected chi connectivity index (χ4v) is 2.13. The van der Waals surface area contributed by atoms with Crippen LogP contribution in [0.4, 0.5) is 8.78 Å². The molecule has 1 aromatic rings. The van der Waals surface area contributed by atoms with Crippen LogP contribution in [0.2, 0.25) is 19.6 Å². The molecule has 12 heavy (non-hydrogen) atoms. The second-order valence-electron chi connectivity index (χ2n) is 3.91. The highest BCUT2D eigenvalue weighted by Gasteiger charge is 2.17. The standard InChI is InChI=1S/C9H12F2Si/c1-12(2,3)9-5-7(10)4-8(11)6-9/h4-6H,1-3H3. The van der Waals surface area contributed by atoms with Crippen LogP contribution in [0, 0.1) is 11.6 Å². The first-order valence-corrected chi connectivity index (χ1v) is 7.36. The monoisotopic (exact) mass is 186 g/mol. The number of halogens is 2. The highest BCUT2D eigenvalue weighted by atomic mass is 28.3. The molecule has 3 heteroatoms. The minimum atomic E-state index is -1.58. The second kappa shape index (κ2) is 2.97. The van der Waals surface area contributed by atoms with Crippen molar-refractivity contribution >= 4 is 13.3 Å². The van der Waals surface area contributed by atoms with E-state index in [1.54, 1.807) is 0 Å². The molecule has 0 unspecified atom stereocenters. The van der Waals surface area contributed by atoms with Crippen LogP contribution >= 0.6 is 0 Å². The summed E-state index contributed by atoms with van der Waals surface area (Å²) in [6, 6.07) is 3.76. The average molecular weight is 186 g/mol. The zero-order valence-corrected chi connectivity index (χ0v) is 8.49. The second-order valence-corrected chi connectivity index (χ2v) is 8.99. The molecule has 0 saturated carbocycles. The smallest absolute Gasteiger partial charge is 0.126 e. The van der Waals surface area contributed by atoms with Crippen LogP contribution in [0.15, 0.2) is 18.2 Å². The molecule has 0 aliphatic heterocycles. The normalized spacial score (nSPS) is 11.8. The molecule has 0 spiro atoms. The molecule has 0 aliphatic rings. The van der Waals surface area contributed by atoms with E-state index < -0.39 is 19.7 Å². The van der Waals surface area contributed by atoms with Crippen molar-refractivity contribution in [1.29, 1.82) is 0 Å².